The van der Waals surface area contributed by atoms with Gasteiger partial charge >= 0.3 is 0 Å². The van der Waals surface area contributed by atoms with Crippen LogP contribution in [-0.2, 0) is 4.79 Å². The van der Waals surface area contributed by atoms with E-state index in [0.717, 1.165) is 22.4 Å². The number of nitro groups is 1. The molecule has 0 radical (unpaired) electrons. The van der Waals surface area contributed by atoms with Crippen LogP contribution in [0.4, 0.5) is 17.1 Å². The summed E-state index contributed by atoms with van der Waals surface area (Å²) in [6, 6.07) is 8.05. The number of azo groups is 1. The Labute approximate surface area is 160 Å². The van der Waals surface area contributed by atoms with E-state index in [-0.39, 0.29) is 23.8 Å². The molecule has 1 aromatic heterocycles. The SMILES string of the molecule is Cc1cc(C)c(NCC(=O)N=Nc2c(O)[nH]c3ccc([N+](=O)[O-])cc23)c(C)c1. The maximum absolute atomic E-state index is 12.1. The van der Waals surface area contributed by atoms with Gasteiger partial charge in [0, 0.05) is 23.2 Å². The lowest BCUT2D eigenvalue weighted by Gasteiger charge is -2.12. The zero-order valence-electron chi connectivity index (χ0n) is 15.6. The van der Waals surface area contributed by atoms with Crippen LogP contribution in [0.3, 0.4) is 0 Å². The highest BCUT2D eigenvalue weighted by atomic mass is 16.6. The molecule has 0 aliphatic heterocycles. The van der Waals surface area contributed by atoms with E-state index in [9.17, 15) is 20.0 Å². The van der Waals surface area contributed by atoms with Crippen LogP contribution in [-0.4, -0.2) is 27.5 Å². The molecule has 0 aliphatic rings. The van der Waals surface area contributed by atoms with Gasteiger partial charge in [-0.3, -0.25) is 14.9 Å². The first-order valence-electron chi connectivity index (χ1n) is 8.51. The fourth-order valence-electron chi connectivity index (χ4n) is 3.13. The first kappa shape index (κ1) is 19.0. The van der Waals surface area contributed by atoms with Crippen LogP contribution in [0, 0.1) is 30.9 Å². The number of aromatic amines is 1. The Morgan fingerprint density at radius 1 is 1.21 bits per heavy atom. The largest absolute Gasteiger partial charge is 0.493 e. The molecule has 1 amide bonds. The molecule has 144 valence electrons. The van der Waals surface area contributed by atoms with Gasteiger partial charge in [0.15, 0.2) is 5.69 Å². The molecule has 3 N–H and O–H groups in total. The topological polar surface area (TPSA) is 133 Å². The number of anilines is 1. The van der Waals surface area contributed by atoms with Crippen molar-refractivity contribution in [1.29, 1.82) is 0 Å². The lowest BCUT2D eigenvalue weighted by Crippen LogP contribution is -2.12. The third-order valence-corrected chi connectivity index (χ3v) is 4.30. The average molecular weight is 381 g/mol. The molecule has 0 saturated carbocycles. The highest BCUT2D eigenvalue weighted by Crippen LogP contribution is 2.37. The molecule has 1 heterocycles. The number of nitrogens with one attached hydrogen (secondary N) is 2. The number of benzene rings is 2. The van der Waals surface area contributed by atoms with E-state index in [4.69, 9.17) is 0 Å². The number of hydrogen-bond donors (Lipinski definition) is 3. The number of hydrogen-bond acceptors (Lipinski definition) is 6. The maximum atomic E-state index is 12.1. The summed E-state index contributed by atoms with van der Waals surface area (Å²) in [7, 11) is 0. The molecule has 3 rings (SSSR count). The molecule has 0 spiro atoms. The van der Waals surface area contributed by atoms with Crippen molar-refractivity contribution in [3.63, 3.8) is 0 Å². The fraction of sp³-hybridized carbons (Fsp3) is 0.211. The Hall–Kier alpha value is -3.75. The van der Waals surface area contributed by atoms with E-state index in [2.05, 4.69) is 20.5 Å². The number of rotatable bonds is 5. The van der Waals surface area contributed by atoms with Crippen molar-refractivity contribution >= 4 is 33.9 Å². The molecule has 9 heteroatoms. The molecular weight excluding hydrogens is 362 g/mol. The van der Waals surface area contributed by atoms with Gasteiger partial charge in [0.1, 0.15) is 0 Å². The standard InChI is InChI=1S/C19H19N5O4/c1-10-6-11(2)17(12(3)7-10)20-9-16(25)22-23-18-14-8-13(24(27)28)4-5-15(14)21-19(18)26/h4-8,20-21,26H,9H2,1-3H3. The first-order valence-corrected chi connectivity index (χ1v) is 8.51. The quantitative estimate of drug-likeness (QED) is 0.341. The van der Waals surface area contributed by atoms with E-state index in [1.807, 2.05) is 32.9 Å². The molecule has 9 nitrogen and oxygen atoms in total. The molecule has 0 atom stereocenters. The number of amides is 1. The molecule has 0 saturated heterocycles. The van der Waals surface area contributed by atoms with Crippen LogP contribution >= 0.6 is 0 Å². The maximum Gasteiger partial charge on any atom is 0.283 e. The van der Waals surface area contributed by atoms with Gasteiger partial charge in [-0.2, -0.15) is 0 Å². The van der Waals surface area contributed by atoms with Crippen LogP contribution in [0.2, 0.25) is 0 Å². The van der Waals surface area contributed by atoms with E-state index in [0.29, 0.717) is 10.9 Å². The van der Waals surface area contributed by atoms with Gasteiger partial charge in [-0.15, -0.1) is 10.2 Å². The molecule has 0 fully saturated rings. The number of nitro benzene ring substituents is 1. The van der Waals surface area contributed by atoms with Gasteiger partial charge in [0.25, 0.3) is 11.6 Å². The van der Waals surface area contributed by atoms with E-state index >= 15 is 0 Å². The Kier molecular flexibility index (Phi) is 5.08. The monoisotopic (exact) mass is 381 g/mol. The summed E-state index contributed by atoms with van der Waals surface area (Å²) in [5.41, 5.74) is 4.31. The lowest BCUT2D eigenvalue weighted by atomic mass is 10.1. The van der Waals surface area contributed by atoms with E-state index in [1.165, 1.54) is 18.2 Å². The minimum atomic E-state index is -0.550. The molecule has 0 unspecified atom stereocenters. The van der Waals surface area contributed by atoms with Crippen molar-refractivity contribution < 1.29 is 14.8 Å². The Balaban J connectivity index is 1.78. The zero-order valence-corrected chi connectivity index (χ0v) is 15.6. The van der Waals surface area contributed by atoms with Gasteiger partial charge in [-0.1, -0.05) is 17.7 Å². The Morgan fingerprint density at radius 3 is 2.54 bits per heavy atom. The van der Waals surface area contributed by atoms with Crippen molar-refractivity contribution in [2.75, 3.05) is 11.9 Å². The van der Waals surface area contributed by atoms with Crippen LogP contribution in [0.5, 0.6) is 5.88 Å². The third kappa shape index (κ3) is 3.83. The fourth-order valence-corrected chi connectivity index (χ4v) is 3.13. The second-order valence-corrected chi connectivity index (χ2v) is 6.53. The van der Waals surface area contributed by atoms with Gasteiger partial charge in [0.05, 0.1) is 17.0 Å². The average Bonchev–Trinajstić information content (AvgIpc) is 2.93. The number of carbonyl (C=O) groups is 1. The smallest absolute Gasteiger partial charge is 0.283 e. The van der Waals surface area contributed by atoms with Crippen LogP contribution < -0.4 is 5.32 Å². The van der Waals surface area contributed by atoms with Gasteiger partial charge < -0.3 is 15.4 Å². The number of H-pyrrole nitrogens is 1. The Bertz CT molecular complexity index is 1090. The molecule has 28 heavy (non-hydrogen) atoms. The summed E-state index contributed by atoms with van der Waals surface area (Å²) < 4.78 is 0. The predicted molar refractivity (Wildman–Crippen MR) is 105 cm³/mol. The van der Waals surface area contributed by atoms with Crippen LogP contribution in [0.1, 0.15) is 16.7 Å². The highest BCUT2D eigenvalue weighted by Gasteiger charge is 2.15. The minimum absolute atomic E-state index is 0.0188. The summed E-state index contributed by atoms with van der Waals surface area (Å²) in [6.07, 6.45) is 0. The van der Waals surface area contributed by atoms with Crippen molar-refractivity contribution in [2.45, 2.75) is 20.8 Å². The third-order valence-electron chi connectivity index (χ3n) is 4.30. The zero-order chi connectivity index (χ0) is 20.4. The number of aromatic hydroxyl groups is 1. The summed E-state index contributed by atoms with van der Waals surface area (Å²) in [5.74, 6) is -0.858. The second kappa shape index (κ2) is 7.47. The predicted octanol–water partition coefficient (Wildman–Crippen LogP) is 4.43. The van der Waals surface area contributed by atoms with Gasteiger partial charge in [-0.05, 0) is 38.0 Å². The summed E-state index contributed by atoms with van der Waals surface area (Å²) >= 11 is 0. The first-order chi connectivity index (χ1) is 13.3. The molecular formula is C19H19N5O4. The summed E-state index contributed by atoms with van der Waals surface area (Å²) in [4.78, 5) is 25.1. The number of fused-ring (bicyclic) bond motifs is 1. The minimum Gasteiger partial charge on any atom is -0.493 e. The molecule has 2 aromatic carbocycles. The summed E-state index contributed by atoms with van der Waals surface area (Å²) in [5, 5.41) is 31.7. The van der Waals surface area contributed by atoms with Crippen molar-refractivity contribution in [3.8, 4) is 5.88 Å². The van der Waals surface area contributed by atoms with Crippen LogP contribution in [0.15, 0.2) is 40.6 Å². The number of non-ortho nitro benzene ring substituents is 1. The van der Waals surface area contributed by atoms with Crippen molar-refractivity contribution in [3.05, 3.63) is 57.1 Å². The number of nitrogens with zero attached hydrogens (tertiary/aromatic N) is 3. The molecule has 3 aromatic rings. The van der Waals surface area contributed by atoms with Crippen molar-refractivity contribution in [2.24, 2.45) is 10.2 Å². The second-order valence-electron chi connectivity index (χ2n) is 6.53. The molecule has 0 bridgehead atoms. The lowest BCUT2D eigenvalue weighted by molar-refractivity contribution is -0.384. The highest BCUT2D eigenvalue weighted by molar-refractivity contribution is 5.96. The summed E-state index contributed by atoms with van der Waals surface area (Å²) in [6.45, 7) is 5.83. The number of aromatic nitrogens is 1. The molecule has 0 aliphatic carbocycles. The number of aryl methyl sites for hydroxylation is 3. The van der Waals surface area contributed by atoms with Gasteiger partial charge in [-0.25, -0.2) is 0 Å². The van der Waals surface area contributed by atoms with E-state index < -0.39 is 10.8 Å². The number of carbonyl (C=O) groups excluding carboxylic acids is 1. The van der Waals surface area contributed by atoms with Gasteiger partial charge in [0.2, 0.25) is 5.88 Å². The van der Waals surface area contributed by atoms with Crippen LogP contribution in [0.25, 0.3) is 10.9 Å². The van der Waals surface area contributed by atoms with Crippen molar-refractivity contribution in [1.82, 2.24) is 4.98 Å². The van der Waals surface area contributed by atoms with E-state index in [1.54, 1.807) is 0 Å². The Morgan fingerprint density at radius 2 is 1.89 bits per heavy atom. The normalized spacial score (nSPS) is 11.2.